The van der Waals surface area contributed by atoms with Gasteiger partial charge in [0.1, 0.15) is 18.4 Å². The van der Waals surface area contributed by atoms with E-state index < -0.39 is 34.3 Å². The van der Waals surface area contributed by atoms with E-state index in [4.69, 9.17) is 0 Å². The number of halogens is 1. The Kier molecular flexibility index (Phi) is 10.8. The van der Waals surface area contributed by atoms with E-state index in [1.165, 1.54) is 17.0 Å². The fourth-order valence-electron chi connectivity index (χ4n) is 4.27. The number of amides is 2. The van der Waals surface area contributed by atoms with Crippen LogP contribution in [-0.4, -0.2) is 50.5 Å². The molecule has 0 aromatic heterocycles. The zero-order valence-electron chi connectivity index (χ0n) is 23.5. The van der Waals surface area contributed by atoms with E-state index in [2.05, 4.69) is 5.32 Å². The Morgan fingerprint density at radius 3 is 2.02 bits per heavy atom. The van der Waals surface area contributed by atoms with Gasteiger partial charge in [-0.1, -0.05) is 75.4 Å². The predicted octanol–water partition coefficient (Wildman–Crippen LogP) is 4.57. The van der Waals surface area contributed by atoms with Crippen molar-refractivity contribution in [2.45, 2.75) is 46.2 Å². The van der Waals surface area contributed by atoms with Gasteiger partial charge in [-0.15, -0.1) is 0 Å². The van der Waals surface area contributed by atoms with Gasteiger partial charge in [0, 0.05) is 19.5 Å². The number of carbonyl (C=O) groups excluding carboxylic acids is 2. The molecule has 2 amide bonds. The lowest BCUT2D eigenvalue weighted by Gasteiger charge is -2.33. The lowest BCUT2D eigenvalue weighted by Crippen LogP contribution is -2.53. The summed E-state index contributed by atoms with van der Waals surface area (Å²) in [6.07, 6.45) is 2.06. The Morgan fingerprint density at radius 1 is 0.875 bits per heavy atom. The number of rotatable bonds is 13. The number of nitrogens with zero attached hydrogens (tertiary/aromatic N) is 2. The molecule has 3 aromatic rings. The topological polar surface area (TPSA) is 86.8 Å². The van der Waals surface area contributed by atoms with Crippen molar-refractivity contribution < 1.29 is 22.4 Å². The minimum absolute atomic E-state index is 0.00190. The van der Waals surface area contributed by atoms with E-state index >= 15 is 0 Å². The third-order valence-electron chi connectivity index (χ3n) is 6.53. The first-order valence-corrected chi connectivity index (χ1v) is 15.2. The van der Waals surface area contributed by atoms with Crippen molar-refractivity contribution in [1.82, 2.24) is 10.2 Å². The van der Waals surface area contributed by atoms with Crippen LogP contribution in [0.3, 0.4) is 0 Å². The number of benzene rings is 3. The summed E-state index contributed by atoms with van der Waals surface area (Å²) in [6, 6.07) is 21.1. The molecule has 0 heterocycles. The average Bonchev–Trinajstić information content (AvgIpc) is 2.93. The number of anilines is 1. The van der Waals surface area contributed by atoms with Crippen molar-refractivity contribution in [2.75, 3.05) is 23.7 Å². The van der Waals surface area contributed by atoms with E-state index in [1.807, 2.05) is 63.2 Å². The Morgan fingerprint density at radius 2 is 1.48 bits per heavy atom. The maximum atomic E-state index is 14.0. The molecule has 0 aliphatic heterocycles. The highest BCUT2D eigenvalue weighted by molar-refractivity contribution is 7.92. The van der Waals surface area contributed by atoms with E-state index in [9.17, 15) is 22.4 Å². The van der Waals surface area contributed by atoms with Gasteiger partial charge in [-0.2, -0.15) is 0 Å². The quantitative estimate of drug-likeness (QED) is 0.328. The van der Waals surface area contributed by atoms with Crippen LogP contribution in [0.4, 0.5) is 10.1 Å². The minimum Gasteiger partial charge on any atom is -0.354 e. The standard InChI is InChI=1S/C31H38FN3O4S/c1-5-24-13-17-28(18-14-24)35(40(4,38)39)22-30(36)34(21-26-11-15-27(32)16-12-26)29(31(37)33-20-23(2)3)19-25-9-7-6-8-10-25/h6-18,23,29H,5,19-22H2,1-4H3,(H,33,37)/t29-/m1/s1. The Labute approximate surface area is 237 Å². The molecule has 0 spiro atoms. The first-order valence-electron chi connectivity index (χ1n) is 13.4. The van der Waals surface area contributed by atoms with Gasteiger partial charge in [-0.3, -0.25) is 13.9 Å². The summed E-state index contributed by atoms with van der Waals surface area (Å²) in [4.78, 5) is 29.0. The third-order valence-corrected chi connectivity index (χ3v) is 7.67. The average molecular weight is 568 g/mol. The molecule has 0 bridgehead atoms. The Balaban J connectivity index is 2.03. The van der Waals surface area contributed by atoms with Gasteiger partial charge in [0.05, 0.1) is 11.9 Å². The molecule has 214 valence electrons. The number of hydrogen-bond acceptors (Lipinski definition) is 4. The van der Waals surface area contributed by atoms with Crippen molar-refractivity contribution in [3.63, 3.8) is 0 Å². The maximum Gasteiger partial charge on any atom is 0.244 e. The maximum absolute atomic E-state index is 14.0. The van der Waals surface area contributed by atoms with Gasteiger partial charge >= 0.3 is 0 Å². The highest BCUT2D eigenvalue weighted by Crippen LogP contribution is 2.21. The molecular weight excluding hydrogens is 529 g/mol. The number of hydrogen-bond donors (Lipinski definition) is 1. The molecule has 0 saturated carbocycles. The highest BCUT2D eigenvalue weighted by atomic mass is 32.2. The molecule has 40 heavy (non-hydrogen) atoms. The van der Waals surface area contributed by atoms with Crippen molar-refractivity contribution in [3.05, 3.63) is 101 Å². The molecule has 7 nitrogen and oxygen atoms in total. The molecule has 3 rings (SSSR count). The van der Waals surface area contributed by atoms with Gasteiger partial charge in [-0.05, 0) is 53.3 Å². The monoisotopic (exact) mass is 567 g/mol. The lowest BCUT2D eigenvalue weighted by atomic mass is 10.0. The van der Waals surface area contributed by atoms with E-state index in [0.717, 1.165) is 28.1 Å². The van der Waals surface area contributed by atoms with E-state index in [-0.39, 0.29) is 24.8 Å². The van der Waals surface area contributed by atoms with Crippen LogP contribution < -0.4 is 9.62 Å². The SMILES string of the molecule is CCc1ccc(N(CC(=O)N(Cc2ccc(F)cc2)[C@H](Cc2ccccc2)C(=O)NCC(C)C)S(C)(=O)=O)cc1. The van der Waals surface area contributed by atoms with Gasteiger partial charge in [-0.25, -0.2) is 12.8 Å². The Bertz CT molecular complexity index is 1360. The first kappa shape index (κ1) is 30.8. The summed E-state index contributed by atoms with van der Waals surface area (Å²) in [5.41, 5.74) is 2.85. The second kappa shape index (κ2) is 14.1. The summed E-state index contributed by atoms with van der Waals surface area (Å²) in [7, 11) is -3.84. The summed E-state index contributed by atoms with van der Waals surface area (Å²) in [5.74, 6) is -1.12. The van der Waals surface area contributed by atoms with Crippen LogP contribution in [-0.2, 0) is 39.0 Å². The number of aryl methyl sites for hydroxylation is 1. The molecule has 0 fully saturated rings. The molecule has 0 aliphatic carbocycles. The minimum atomic E-state index is -3.84. The van der Waals surface area contributed by atoms with Gasteiger partial charge in [0.15, 0.2) is 0 Å². The summed E-state index contributed by atoms with van der Waals surface area (Å²) < 4.78 is 40.4. The number of nitrogens with one attached hydrogen (secondary N) is 1. The molecule has 0 saturated heterocycles. The van der Waals surface area contributed by atoms with Gasteiger partial charge in [0.2, 0.25) is 21.8 Å². The Hall–Kier alpha value is -3.72. The van der Waals surface area contributed by atoms with Crippen molar-refractivity contribution in [1.29, 1.82) is 0 Å². The second-order valence-electron chi connectivity index (χ2n) is 10.3. The molecule has 1 N–H and O–H groups in total. The fraction of sp³-hybridized carbons (Fsp3) is 0.355. The normalized spacial score (nSPS) is 12.2. The highest BCUT2D eigenvalue weighted by Gasteiger charge is 2.33. The molecule has 0 aliphatic rings. The number of carbonyl (C=O) groups is 2. The molecule has 9 heteroatoms. The van der Waals surface area contributed by atoms with Crippen molar-refractivity contribution in [3.8, 4) is 0 Å². The molecular formula is C31H38FN3O4S. The molecule has 0 radical (unpaired) electrons. The fourth-order valence-corrected chi connectivity index (χ4v) is 5.12. The van der Waals surface area contributed by atoms with E-state index in [1.54, 1.807) is 24.3 Å². The summed E-state index contributed by atoms with van der Waals surface area (Å²) >= 11 is 0. The lowest BCUT2D eigenvalue weighted by molar-refractivity contribution is -0.140. The van der Waals surface area contributed by atoms with Crippen LogP contribution in [0.25, 0.3) is 0 Å². The summed E-state index contributed by atoms with van der Waals surface area (Å²) in [6.45, 7) is 5.87. The summed E-state index contributed by atoms with van der Waals surface area (Å²) in [5, 5.41) is 2.94. The van der Waals surface area contributed by atoms with Crippen molar-refractivity contribution >= 4 is 27.5 Å². The molecule has 3 aromatic carbocycles. The van der Waals surface area contributed by atoms with Crippen LogP contribution in [0.5, 0.6) is 0 Å². The van der Waals surface area contributed by atoms with Crippen LogP contribution in [0.15, 0.2) is 78.9 Å². The zero-order chi connectivity index (χ0) is 29.3. The molecule has 0 unspecified atom stereocenters. The predicted molar refractivity (Wildman–Crippen MR) is 157 cm³/mol. The van der Waals surface area contributed by atoms with Crippen molar-refractivity contribution in [2.24, 2.45) is 5.92 Å². The van der Waals surface area contributed by atoms with Crippen LogP contribution in [0.1, 0.15) is 37.5 Å². The van der Waals surface area contributed by atoms with Crippen LogP contribution >= 0.6 is 0 Å². The van der Waals surface area contributed by atoms with E-state index in [0.29, 0.717) is 17.8 Å². The van der Waals surface area contributed by atoms with Crippen LogP contribution in [0.2, 0.25) is 0 Å². The molecule has 1 atom stereocenters. The zero-order valence-corrected chi connectivity index (χ0v) is 24.3. The third kappa shape index (κ3) is 8.91. The van der Waals surface area contributed by atoms with Gasteiger partial charge in [0.25, 0.3) is 0 Å². The largest absolute Gasteiger partial charge is 0.354 e. The smallest absolute Gasteiger partial charge is 0.244 e. The number of sulfonamides is 1. The van der Waals surface area contributed by atoms with Crippen LogP contribution in [0, 0.1) is 11.7 Å². The van der Waals surface area contributed by atoms with Gasteiger partial charge < -0.3 is 10.2 Å². The second-order valence-corrected chi connectivity index (χ2v) is 12.2. The first-order chi connectivity index (χ1) is 19.0.